The molecule has 0 bridgehead atoms. The zero-order valence-corrected chi connectivity index (χ0v) is 13.0. The molecular formula is C16H19BrN2O. The van der Waals surface area contributed by atoms with Crippen molar-refractivity contribution in [3.63, 3.8) is 0 Å². The van der Waals surface area contributed by atoms with Crippen LogP contribution in [0.1, 0.15) is 29.3 Å². The van der Waals surface area contributed by atoms with Gasteiger partial charge in [-0.3, -0.25) is 4.90 Å². The molecule has 2 N–H and O–H groups in total. The minimum atomic E-state index is 0.130. The summed E-state index contributed by atoms with van der Waals surface area (Å²) < 4.78 is 6.64. The second-order valence-electron chi connectivity index (χ2n) is 5.23. The van der Waals surface area contributed by atoms with Crippen LogP contribution in [-0.2, 0) is 13.0 Å². The average Bonchev–Trinajstić information content (AvgIpc) is 2.76. The molecule has 0 aliphatic carbocycles. The molecule has 0 saturated carbocycles. The first-order valence-corrected chi connectivity index (χ1v) is 7.82. The molecule has 0 radical (unpaired) electrons. The van der Waals surface area contributed by atoms with E-state index in [1.165, 1.54) is 11.1 Å². The van der Waals surface area contributed by atoms with Crippen molar-refractivity contribution >= 4 is 15.9 Å². The molecule has 1 atom stereocenters. The summed E-state index contributed by atoms with van der Waals surface area (Å²) in [6.45, 7) is 2.54. The van der Waals surface area contributed by atoms with E-state index < -0.39 is 0 Å². The van der Waals surface area contributed by atoms with Crippen LogP contribution in [0.15, 0.2) is 45.5 Å². The van der Waals surface area contributed by atoms with Gasteiger partial charge in [-0.25, -0.2) is 0 Å². The third-order valence-electron chi connectivity index (χ3n) is 3.99. The first kappa shape index (κ1) is 13.9. The topological polar surface area (TPSA) is 42.4 Å². The first-order chi connectivity index (χ1) is 9.79. The molecule has 0 saturated heterocycles. The Morgan fingerprint density at radius 3 is 2.75 bits per heavy atom. The van der Waals surface area contributed by atoms with Gasteiger partial charge in [0.1, 0.15) is 5.76 Å². The minimum Gasteiger partial charge on any atom is -0.466 e. The fourth-order valence-corrected chi connectivity index (χ4v) is 3.42. The molecular weight excluding hydrogens is 316 g/mol. The first-order valence-electron chi connectivity index (χ1n) is 7.03. The van der Waals surface area contributed by atoms with E-state index in [1.54, 1.807) is 6.26 Å². The molecule has 20 heavy (non-hydrogen) atoms. The highest BCUT2D eigenvalue weighted by Gasteiger charge is 2.26. The van der Waals surface area contributed by atoms with Crippen molar-refractivity contribution in [1.82, 2.24) is 4.90 Å². The summed E-state index contributed by atoms with van der Waals surface area (Å²) in [5.41, 5.74) is 8.88. The van der Waals surface area contributed by atoms with Crippen LogP contribution in [0.4, 0.5) is 0 Å². The van der Waals surface area contributed by atoms with Gasteiger partial charge in [-0.05, 0) is 52.5 Å². The summed E-state index contributed by atoms with van der Waals surface area (Å²) in [7, 11) is 0. The Morgan fingerprint density at radius 1 is 1.25 bits per heavy atom. The highest BCUT2D eigenvalue weighted by Crippen LogP contribution is 2.31. The summed E-state index contributed by atoms with van der Waals surface area (Å²) in [6, 6.07) is 10.8. The van der Waals surface area contributed by atoms with Crippen LogP contribution in [0.2, 0.25) is 0 Å². The summed E-state index contributed by atoms with van der Waals surface area (Å²) >= 11 is 3.55. The number of hydrogen-bond acceptors (Lipinski definition) is 3. The number of halogens is 1. The fourth-order valence-electron chi connectivity index (χ4n) is 2.96. The van der Waals surface area contributed by atoms with E-state index in [9.17, 15) is 0 Å². The average molecular weight is 335 g/mol. The van der Waals surface area contributed by atoms with Crippen molar-refractivity contribution < 1.29 is 4.42 Å². The van der Waals surface area contributed by atoms with Crippen LogP contribution >= 0.6 is 15.9 Å². The quantitative estimate of drug-likeness (QED) is 0.934. The zero-order valence-electron chi connectivity index (χ0n) is 11.4. The number of benzene rings is 1. The largest absolute Gasteiger partial charge is 0.466 e. The van der Waals surface area contributed by atoms with Crippen molar-refractivity contribution in [2.75, 3.05) is 13.1 Å². The summed E-state index contributed by atoms with van der Waals surface area (Å²) in [5.74, 6) is 0.937. The summed E-state index contributed by atoms with van der Waals surface area (Å²) in [6.07, 6.45) is 4.02. The summed E-state index contributed by atoms with van der Waals surface area (Å²) in [5, 5.41) is 0. The Morgan fingerprint density at radius 2 is 2.05 bits per heavy atom. The van der Waals surface area contributed by atoms with Crippen molar-refractivity contribution in [3.8, 4) is 0 Å². The van der Waals surface area contributed by atoms with E-state index in [0.717, 1.165) is 36.2 Å². The molecule has 1 aliphatic rings. The number of fused-ring (bicyclic) bond motifs is 1. The van der Waals surface area contributed by atoms with E-state index >= 15 is 0 Å². The van der Waals surface area contributed by atoms with Crippen molar-refractivity contribution in [2.45, 2.75) is 25.4 Å². The van der Waals surface area contributed by atoms with Crippen LogP contribution < -0.4 is 5.73 Å². The van der Waals surface area contributed by atoms with Crippen molar-refractivity contribution in [2.24, 2.45) is 5.73 Å². The van der Waals surface area contributed by atoms with Gasteiger partial charge in [-0.15, -0.1) is 0 Å². The lowest BCUT2D eigenvalue weighted by molar-refractivity contribution is 0.172. The van der Waals surface area contributed by atoms with Gasteiger partial charge in [0.2, 0.25) is 0 Å². The molecule has 4 heteroatoms. The second kappa shape index (κ2) is 6.12. The van der Waals surface area contributed by atoms with Gasteiger partial charge in [-0.2, -0.15) is 0 Å². The van der Waals surface area contributed by atoms with Crippen LogP contribution in [0.5, 0.6) is 0 Å². The lowest BCUT2D eigenvalue weighted by atomic mass is 10.0. The summed E-state index contributed by atoms with van der Waals surface area (Å²) in [4.78, 5) is 2.43. The third kappa shape index (κ3) is 2.68. The SMILES string of the molecule is NCC(c1occc1Br)N1CCCc2ccccc2C1. The molecule has 2 aromatic rings. The number of furan rings is 1. The zero-order chi connectivity index (χ0) is 13.9. The maximum Gasteiger partial charge on any atom is 0.136 e. The Kier molecular flexibility index (Phi) is 4.24. The number of nitrogens with zero attached hydrogens (tertiary/aromatic N) is 1. The highest BCUT2D eigenvalue weighted by molar-refractivity contribution is 9.10. The standard InChI is InChI=1S/C16H19BrN2O/c17-14-7-9-20-16(14)15(10-18)19-8-3-6-12-4-1-2-5-13(12)11-19/h1-2,4-5,7,9,15H,3,6,8,10-11,18H2. The Labute approximate surface area is 127 Å². The molecule has 1 unspecified atom stereocenters. The Hall–Kier alpha value is -1.10. The number of hydrogen-bond donors (Lipinski definition) is 1. The van der Waals surface area contributed by atoms with Gasteiger partial charge in [0.25, 0.3) is 0 Å². The molecule has 0 spiro atoms. The van der Waals surface area contributed by atoms with Crippen LogP contribution in [0.3, 0.4) is 0 Å². The second-order valence-corrected chi connectivity index (χ2v) is 6.08. The molecule has 1 aromatic heterocycles. The molecule has 3 nitrogen and oxygen atoms in total. The minimum absolute atomic E-state index is 0.130. The molecule has 0 amide bonds. The lowest BCUT2D eigenvalue weighted by Gasteiger charge is -2.28. The maximum absolute atomic E-state index is 6.01. The number of nitrogens with two attached hydrogens (primary N) is 1. The van der Waals surface area contributed by atoms with E-state index in [-0.39, 0.29) is 6.04 Å². The van der Waals surface area contributed by atoms with Crippen LogP contribution in [-0.4, -0.2) is 18.0 Å². The Balaban J connectivity index is 1.88. The number of aryl methyl sites for hydroxylation is 1. The molecule has 2 heterocycles. The van der Waals surface area contributed by atoms with Gasteiger partial charge in [-0.1, -0.05) is 24.3 Å². The van der Waals surface area contributed by atoms with Crippen molar-refractivity contribution in [3.05, 3.63) is 58.0 Å². The van der Waals surface area contributed by atoms with Gasteiger partial charge in [0.15, 0.2) is 0 Å². The molecule has 0 fully saturated rings. The predicted octanol–water partition coefficient (Wildman–Crippen LogP) is 3.49. The highest BCUT2D eigenvalue weighted by atomic mass is 79.9. The van der Waals surface area contributed by atoms with Crippen LogP contribution in [0.25, 0.3) is 0 Å². The van der Waals surface area contributed by atoms with E-state index in [0.29, 0.717) is 6.54 Å². The van der Waals surface area contributed by atoms with E-state index in [2.05, 4.69) is 45.1 Å². The van der Waals surface area contributed by atoms with Crippen molar-refractivity contribution in [1.29, 1.82) is 0 Å². The normalized spacial score (nSPS) is 17.5. The third-order valence-corrected chi connectivity index (χ3v) is 4.65. The molecule has 3 rings (SSSR count). The molecule has 1 aliphatic heterocycles. The maximum atomic E-state index is 6.01. The van der Waals surface area contributed by atoms with Gasteiger partial charge >= 0.3 is 0 Å². The van der Waals surface area contributed by atoms with Gasteiger partial charge in [0.05, 0.1) is 16.8 Å². The molecule has 1 aromatic carbocycles. The van der Waals surface area contributed by atoms with Gasteiger partial charge in [0, 0.05) is 13.1 Å². The fraction of sp³-hybridized carbons (Fsp3) is 0.375. The Bertz CT molecular complexity index is 581. The van der Waals surface area contributed by atoms with Crippen LogP contribution in [0, 0.1) is 0 Å². The van der Waals surface area contributed by atoms with E-state index in [4.69, 9.17) is 10.2 Å². The predicted molar refractivity (Wildman–Crippen MR) is 83.4 cm³/mol. The van der Waals surface area contributed by atoms with E-state index in [1.807, 2.05) is 6.07 Å². The smallest absolute Gasteiger partial charge is 0.136 e. The number of rotatable bonds is 3. The lowest BCUT2D eigenvalue weighted by Crippen LogP contribution is -2.33. The monoisotopic (exact) mass is 334 g/mol. The van der Waals surface area contributed by atoms with Gasteiger partial charge < -0.3 is 10.2 Å². The molecule has 106 valence electrons.